The molecule has 0 saturated heterocycles. The molecule has 0 saturated carbocycles. The number of hydrogen-bond acceptors (Lipinski definition) is 4. The van der Waals surface area contributed by atoms with Crippen molar-refractivity contribution in [3.63, 3.8) is 0 Å². The van der Waals surface area contributed by atoms with Crippen molar-refractivity contribution in [1.82, 2.24) is 5.06 Å². The highest BCUT2D eigenvalue weighted by Gasteiger charge is 2.07. The number of methoxy groups -OCH3 is 1. The van der Waals surface area contributed by atoms with E-state index in [9.17, 15) is 4.79 Å². The number of urea groups is 1. The molecule has 0 aliphatic heterocycles. The van der Waals surface area contributed by atoms with Crippen LogP contribution in [0.5, 0.6) is 11.5 Å². The molecular formula is C17H20N2O4. The number of nitrogens with one attached hydrogen (secondary N) is 1. The van der Waals surface area contributed by atoms with Crippen LogP contribution in [0, 0.1) is 0 Å². The first-order valence-electron chi connectivity index (χ1n) is 7.07. The second kappa shape index (κ2) is 8.05. The van der Waals surface area contributed by atoms with E-state index in [0.29, 0.717) is 12.3 Å². The first kappa shape index (κ1) is 16.6. The minimum absolute atomic E-state index is 0.348. The van der Waals surface area contributed by atoms with Gasteiger partial charge in [-0.15, -0.1) is 0 Å². The Labute approximate surface area is 135 Å². The first-order chi connectivity index (χ1) is 11.1. The molecule has 2 aromatic carbocycles. The van der Waals surface area contributed by atoms with Crippen LogP contribution < -0.4 is 14.8 Å². The number of anilines is 1. The van der Waals surface area contributed by atoms with Gasteiger partial charge in [-0.2, -0.15) is 0 Å². The van der Waals surface area contributed by atoms with Gasteiger partial charge in [0, 0.05) is 12.7 Å². The smallest absolute Gasteiger partial charge is 0.345 e. The third-order valence-electron chi connectivity index (χ3n) is 3.23. The van der Waals surface area contributed by atoms with Crippen LogP contribution >= 0.6 is 0 Å². The van der Waals surface area contributed by atoms with Gasteiger partial charge in [0.2, 0.25) is 0 Å². The van der Waals surface area contributed by atoms with Gasteiger partial charge < -0.3 is 14.8 Å². The summed E-state index contributed by atoms with van der Waals surface area (Å²) >= 11 is 0. The van der Waals surface area contributed by atoms with E-state index >= 15 is 0 Å². The number of amides is 2. The number of benzene rings is 2. The zero-order valence-corrected chi connectivity index (χ0v) is 13.4. The number of carbonyl (C=O) groups is 1. The molecule has 23 heavy (non-hydrogen) atoms. The van der Waals surface area contributed by atoms with Gasteiger partial charge in [-0.1, -0.05) is 12.1 Å². The molecule has 2 amide bonds. The molecule has 0 heterocycles. The van der Waals surface area contributed by atoms with Crippen LogP contribution in [-0.2, 0) is 11.4 Å². The van der Waals surface area contributed by atoms with Crippen molar-refractivity contribution >= 4 is 11.7 Å². The molecule has 0 unspecified atom stereocenters. The quantitative estimate of drug-likeness (QED) is 0.831. The van der Waals surface area contributed by atoms with Gasteiger partial charge in [-0.25, -0.2) is 9.86 Å². The third kappa shape index (κ3) is 4.89. The Morgan fingerprint density at radius 1 is 1.00 bits per heavy atom. The van der Waals surface area contributed by atoms with E-state index < -0.39 is 0 Å². The number of ether oxygens (including phenoxy) is 2. The van der Waals surface area contributed by atoms with Crippen LogP contribution in [0.3, 0.4) is 0 Å². The maximum atomic E-state index is 11.6. The lowest BCUT2D eigenvalue weighted by Gasteiger charge is -2.14. The summed E-state index contributed by atoms with van der Waals surface area (Å²) in [7, 11) is 4.59. The average Bonchev–Trinajstić information content (AvgIpc) is 2.60. The summed E-state index contributed by atoms with van der Waals surface area (Å²) < 4.78 is 10.8. The lowest BCUT2D eigenvalue weighted by Crippen LogP contribution is -2.30. The van der Waals surface area contributed by atoms with Crippen molar-refractivity contribution in [2.24, 2.45) is 0 Å². The first-order valence-corrected chi connectivity index (χ1v) is 7.07. The highest BCUT2D eigenvalue weighted by Crippen LogP contribution is 2.18. The minimum Gasteiger partial charge on any atom is -0.497 e. The van der Waals surface area contributed by atoms with Gasteiger partial charge in [0.1, 0.15) is 18.1 Å². The molecular weight excluding hydrogens is 296 g/mol. The van der Waals surface area contributed by atoms with Crippen molar-refractivity contribution < 1.29 is 19.1 Å². The molecule has 0 aliphatic carbocycles. The lowest BCUT2D eigenvalue weighted by molar-refractivity contribution is -0.0598. The van der Waals surface area contributed by atoms with Crippen LogP contribution in [-0.4, -0.2) is 32.4 Å². The molecule has 0 atom stereocenters. The summed E-state index contributed by atoms with van der Waals surface area (Å²) in [4.78, 5) is 16.4. The maximum absolute atomic E-state index is 11.6. The highest BCUT2D eigenvalue weighted by molar-refractivity contribution is 5.88. The molecule has 6 heteroatoms. The van der Waals surface area contributed by atoms with Gasteiger partial charge in [-0.05, 0) is 42.0 Å². The Balaban J connectivity index is 1.88. The largest absolute Gasteiger partial charge is 0.497 e. The summed E-state index contributed by atoms with van der Waals surface area (Å²) in [5.41, 5.74) is 1.71. The van der Waals surface area contributed by atoms with Crippen molar-refractivity contribution in [3.8, 4) is 11.5 Å². The number of nitrogens with zero attached hydrogens (tertiary/aromatic N) is 1. The van der Waals surface area contributed by atoms with Gasteiger partial charge in [0.15, 0.2) is 0 Å². The van der Waals surface area contributed by atoms with Gasteiger partial charge >= 0.3 is 6.03 Å². The molecule has 0 spiro atoms. The molecule has 0 bridgehead atoms. The number of carbonyl (C=O) groups excluding carboxylic acids is 1. The van der Waals surface area contributed by atoms with Crippen molar-refractivity contribution in [2.45, 2.75) is 6.61 Å². The monoisotopic (exact) mass is 316 g/mol. The van der Waals surface area contributed by atoms with Gasteiger partial charge in [0.25, 0.3) is 0 Å². The SMILES string of the molecule is COc1ccc(COc2ccc(NC(=O)N(C)OC)cc2)cc1. The molecule has 0 radical (unpaired) electrons. The summed E-state index contributed by atoms with van der Waals surface area (Å²) in [6, 6.07) is 14.5. The Hall–Kier alpha value is -2.73. The van der Waals surface area contributed by atoms with E-state index in [1.165, 1.54) is 14.2 Å². The van der Waals surface area contributed by atoms with E-state index in [1.54, 1.807) is 31.4 Å². The van der Waals surface area contributed by atoms with E-state index in [0.717, 1.165) is 22.1 Å². The third-order valence-corrected chi connectivity index (χ3v) is 3.23. The van der Waals surface area contributed by atoms with E-state index in [2.05, 4.69) is 5.32 Å². The molecule has 6 nitrogen and oxygen atoms in total. The maximum Gasteiger partial charge on any atom is 0.345 e. The average molecular weight is 316 g/mol. The Morgan fingerprint density at radius 3 is 2.17 bits per heavy atom. The zero-order valence-electron chi connectivity index (χ0n) is 13.4. The van der Waals surface area contributed by atoms with E-state index in [-0.39, 0.29) is 6.03 Å². The minimum atomic E-state index is -0.348. The zero-order chi connectivity index (χ0) is 16.7. The van der Waals surface area contributed by atoms with Crippen molar-refractivity contribution in [2.75, 3.05) is 26.6 Å². The van der Waals surface area contributed by atoms with Crippen LogP contribution in [0.25, 0.3) is 0 Å². The highest BCUT2D eigenvalue weighted by atomic mass is 16.7. The fourth-order valence-corrected chi connectivity index (χ4v) is 1.81. The Kier molecular flexibility index (Phi) is 5.82. The van der Waals surface area contributed by atoms with Crippen molar-refractivity contribution in [3.05, 3.63) is 54.1 Å². The molecule has 2 aromatic rings. The number of hydroxylamine groups is 2. The lowest BCUT2D eigenvalue weighted by atomic mass is 10.2. The van der Waals surface area contributed by atoms with E-state index in [1.807, 2.05) is 24.3 Å². The summed E-state index contributed by atoms with van der Waals surface area (Å²) in [5, 5.41) is 3.80. The van der Waals surface area contributed by atoms with Crippen LogP contribution in [0.15, 0.2) is 48.5 Å². The topological polar surface area (TPSA) is 60.0 Å². The summed E-state index contributed by atoms with van der Waals surface area (Å²) in [6.07, 6.45) is 0. The van der Waals surface area contributed by atoms with Crippen LogP contribution in [0.1, 0.15) is 5.56 Å². The van der Waals surface area contributed by atoms with Crippen LogP contribution in [0.4, 0.5) is 10.5 Å². The standard InChI is InChI=1S/C17H20N2O4/c1-19(22-3)17(20)18-14-6-10-16(11-7-14)23-12-13-4-8-15(21-2)9-5-13/h4-11H,12H2,1-3H3,(H,18,20). The normalized spacial score (nSPS) is 10.0. The Bertz CT molecular complexity index is 626. The molecule has 0 fully saturated rings. The number of rotatable bonds is 6. The molecule has 2 rings (SSSR count). The second-order valence-corrected chi connectivity index (χ2v) is 4.77. The van der Waals surface area contributed by atoms with Gasteiger partial charge in [0.05, 0.1) is 14.2 Å². The molecule has 0 aromatic heterocycles. The molecule has 122 valence electrons. The fourth-order valence-electron chi connectivity index (χ4n) is 1.81. The van der Waals surface area contributed by atoms with E-state index in [4.69, 9.17) is 14.3 Å². The summed E-state index contributed by atoms with van der Waals surface area (Å²) in [5.74, 6) is 1.54. The van der Waals surface area contributed by atoms with Crippen LogP contribution in [0.2, 0.25) is 0 Å². The predicted octanol–water partition coefficient (Wildman–Crippen LogP) is 3.30. The van der Waals surface area contributed by atoms with Gasteiger partial charge in [-0.3, -0.25) is 4.84 Å². The second-order valence-electron chi connectivity index (χ2n) is 4.77. The van der Waals surface area contributed by atoms with Crippen molar-refractivity contribution in [1.29, 1.82) is 0 Å². The fraction of sp³-hybridized carbons (Fsp3) is 0.235. The summed E-state index contributed by atoms with van der Waals surface area (Å²) in [6.45, 7) is 0.460. The molecule has 0 aliphatic rings. The number of hydrogen-bond donors (Lipinski definition) is 1. The Morgan fingerprint density at radius 2 is 1.61 bits per heavy atom. The molecule has 1 N–H and O–H groups in total. The predicted molar refractivity (Wildman–Crippen MR) is 87.6 cm³/mol.